The first kappa shape index (κ1) is 15.3. The number of nitro benzene ring substituents is 1. The van der Waals surface area contributed by atoms with Crippen LogP contribution in [0.25, 0.3) is 0 Å². The SMILES string of the molecule is CCNc1cc(SCC(=O)OCC)cc([N+](=O)[O-])c1. The van der Waals surface area contributed by atoms with E-state index in [2.05, 4.69) is 5.32 Å². The number of esters is 1. The quantitative estimate of drug-likeness (QED) is 0.359. The van der Waals surface area contributed by atoms with E-state index in [0.29, 0.717) is 23.7 Å². The van der Waals surface area contributed by atoms with Crippen LogP contribution in [0.15, 0.2) is 23.1 Å². The number of nitrogens with zero attached hydrogens (tertiary/aromatic N) is 1. The Morgan fingerprint density at radius 3 is 2.74 bits per heavy atom. The molecule has 0 fully saturated rings. The van der Waals surface area contributed by atoms with Crippen molar-refractivity contribution in [2.75, 3.05) is 24.2 Å². The first-order valence-corrected chi connectivity index (χ1v) is 6.87. The molecule has 1 aromatic carbocycles. The first-order valence-electron chi connectivity index (χ1n) is 5.88. The van der Waals surface area contributed by atoms with Crippen molar-refractivity contribution in [3.05, 3.63) is 28.3 Å². The zero-order chi connectivity index (χ0) is 14.3. The normalized spacial score (nSPS) is 10.0. The van der Waals surface area contributed by atoms with Gasteiger partial charge in [0.15, 0.2) is 0 Å². The fraction of sp³-hybridized carbons (Fsp3) is 0.417. The Labute approximate surface area is 115 Å². The summed E-state index contributed by atoms with van der Waals surface area (Å²) in [7, 11) is 0. The molecule has 0 bridgehead atoms. The molecule has 0 aliphatic carbocycles. The third-order valence-corrected chi connectivity index (χ3v) is 3.09. The molecule has 0 aromatic heterocycles. The molecule has 0 atom stereocenters. The maximum Gasteiger partial charge on any atom is 0.316 e. The highest BCUT2D eigenvalue weighted by Crippen LogP contribution is 2.28. The Kier molecular flexibility index (Phi) is 6.14. The molecule has 0 aliphatic heterocycles. The number of rotatable bonds is 7. The van der Waals surface area contributed by atoms with Crippen molar-refractivity contribution >= 4 is 29.1 Å². The van der Waals surface area contributed by atoms with E-state index in [-0.39, 0.29) is 17.4 Å². The van der Waals surface area contributed by atoms with Crippen LogP contribution in [0.3, 0.4) is 0 Å². The molecule has 0 spiro atoms. The summed E-state index contributed by atoms with van der Waals surface area (Å²) in [5, 5.41) is 13.8. The number of nitrogens with one attached hydrogen (secondary N) is 1. The number of thioether (sulfide) groups is 1. The number of nitro groups is 1. The van der Waals surface area contributed by atoms with E-state index in [4.69, 9.17) is 4.74 Å². The second-order valence-corrected chi connectivity index (χ2v) is 4.65. The highest BCUT2D eigenvalue weighted by molar-refractivity contribution is 8.00. The fourth-order valence-electron chi connectivity index (χ4n) is 1.42. The highest BCUT2D eigenvalue weighted by Gasteiger charge is 2.11. The Morgan fingerprint density at radius 1 is 1.42 bits per heavy atom. The van der Waals surface area contributed by atoms with Crippen molar-refractivity contribution in [2.24, 2.45) is 0 Å². The van der Waals surface area contributed by atoms with Gasteiger partial charge < -0.3 is 10.1 Å². The van der Waals surface area contributed by atoms with Crippen molar-refractivity contribution in [3.63, 3.8) is 0 Å². The summed E-state index contributed by atoms with van der Waals surface area (Å²) >= 11 is 1.22. The van der Waals surface area contributed by atoms with Crippen LogP contribution in [0.4, 0.5) is 11.4 Å². The van der Waals surface area contributed by atoms with Gasteiger partial charge >= 0.3 is 5.97 Å². The standard InChI is InChI=1S/C12H16N2O4S/c1-3-13-9-5-10(14(16)17)7-11(6-9)19-8-12(15)18-4-2/h5-7,13H,3-4,8H2,1-2H3. The van der Waals surface area contributed by atoms with Crippen LogP contribution in [-0.4, -0.2) is 29.8 Å². The predicted octanol–water partition coefficient (Wildman–Crippen LogP) is 2.68. The van der Waals surface area contributed by atoms with Crippen molar-refractivity contribution in [1.82, 2.24) is 0 Å². The van der Waals surface area contributed by atoms with E-state index in [9.17, 15) is 14.9 Å². The third kappa shape index (κ3) is 5.17. The Morgan fingerprint density at radius 2 is 2.16 bits per heavy atom. The summed E-state index contributed by atoms with van der Waals surface area (Å²) in [6.45, 7) is 4.64. The van der Waals surface area contributed by atoms with E-state index >= 15 is 0 Å². The molecule has 0 saturated carbocycles. The molecule has 0 amide bonds. The van der Waals surface area contributed by atoms with Crippen LogP contribution in [0.1, 0.15) is 13.8 Å². The van der Waals surface area contributed by atoms with Gasteiger partial charge in [0, 0.05) is 29.3 Å². The van der Waals surface area contributed by atoms with Crippen LogP contribution in [0.2, 0.25) is 0 Å². The van der Waals surface area contributed by atoms with Gasteiger partial charge in [0.25, 0.3) is 5.69 Å². The molecule has 104 valence electrons. The zero-order valence-corrected chi connectivity index (χ0v) is 11.7. The average molecular weight is 284 g/mol. The largest absolute Gasteiger partial charge is 0.465 e. The van der Waals surface area contributed by atoms with Gasteiger partial charge in [-0.1, -0.05) is 0 Å². The minimum atomic E-state index is -0.449. The van der Waals surface area contributed by atoms with E-state index in [1.165, 1.54) is 23.9 Å². The maximum absolute atomic E-state index is 11.3. The van der Waals surface area contributed by atoms with Crippen molar-refractivity contribution < 1.29 is 14.5 Å². The van der Waals surface area contributed by atoms with Gasteiger partial charge in [0.1, 0.15) is 0 Å². The Hall–Kier alpha value is -1.76. The van der Waals surface area contributed by atoms with Crippen molar-refractivity contribution in [1.29, 1.82) is 0 Å². The number of anilines is 1. The number of hydrogen-bond donors (Lipinski definition) is 1. The molecule has 1 aromatic rings. The van der Waals surface area contributed by atoms with Crippen molar-refractivity contribution in [3.8, 4) is 0 Å². The molecule has 1 rings (SSSR count). The summed E-state index contributed by atoms with van der Waals surface area (Å²) in [6, 6.07) is 4.70. The number of hydrogen-bond acceptors (Lipinski definition) is 6. The number of ether oxygens (including phenoxy) is 1. The summed E-state index contributed by atoms with van der Waals surface area (Å²) < 4.78 is 4.81. The number of benzene rings is 1. The van der Waals surface area contributed by atoms with Gasteiger partial charge in [-0.25, -0.2) is 0 Å². The van der Waals surface area contributed by atoms with Crippen molar-refractivity contribution in [2.45, 2.75) is 18.7 Å². The van der Waals surface area contributed by atoms with Gasteiger partial charge in [-0.3, -0.25) is 14.9 Å². The van der Waals surface area contributed by atoms with E-state index in [0.717, 1.165) is 0 Å². The summed E-state index contributed by atoms with van der Waals surface area (Å²) in [5.41, 5.74) is 0.674. The Bertz CT molecular complexity index is 465. The molecule has 0 unspecified atom stereocenters. The van der Waals surface area contributed by atoms with Gasteiger partial charge in [-0.05, 0) is 19.9 Å². The molecule has 0 aliphatic rings. The average Bonchev–Trinajstić information content (AvgIpc) is 2.37. The smallest absolute Gasteiger partial charge is 0.316 e. The van der Waals surface area contributed by atoms with E-state index in [1.54, 1.807) is 13.0 Å². The Balaban J connectivity index is 2.81. The number of non-ortho nitro benzene ring substituents is 1. The summed E-state index contributed by atoms with van der Waals surface area (Å²) in [6.07, 6.45) is 0. The maximum atomic E-state index is 11.3. The van der Waals surface area contributed by atoms with Gasteiger partial charge in [0.05, 0.1) is 17.3 Å². The van der Waals surface area contributed by atoms with E-state index < -0.39 is 4.92 Å². The molecular formula is C12H16N2O4S. The lowest BCUT2D eigenvalue weighted by Crippen LogP contribution is -2.06. The highest BCUT2D eigenvalue weighted by atomic mass is 32.2. The first-order chi connectivity index (χ1) is 9.06. The molecule has 6 nitrogen and oxygen atoms in total. The second kappa shape index (κ2) is 7.63. The lowest BCUT2D eigenvalue weighted by molar-refractivity contribution is -0.385. The molecule has 19 heavy (non-hydrogen) atoms. The van der Waals surface area contributed by atoms with Crippen LogP contribution >= 0.6 is 11.8 Å². The number of carbonyl (C=O) groups excluding carboxylic acids is 1. The van der Waals surface area contributed by atoms with Crippen LogP contribution in [0, 0.1) is 10.1 Å². The topological polar surface area (TPSA) is 81.5 Å². The van der Waals surface area contributed by atoms with Crippen LogP contribution in [-0.2, 0) is 9.53 Å². The summed E-state index contributed by atoms with van der Waals surface area (Å²) in [4.78, 5) is 22.3. The predicted molar refractivity (Wildman–Crippen MR) is 74.6 cm³/mol. The lowest BCUT2D eigenvalue weighted by Gasteiger charge is -2.07. The minimum absolute atomic E-state index is 0.00445. The van der Waals surface area contributed by atoms with Crippen LogP contribution < -0.4 is 5.32 Å². The van der Waals surface area contributed by atoms with Gasteiger partial charge in [-0.2, -0.15) is 0 Å². The zero-order valence-electron chi connectivity index (χ0n) is 10.8. The monoisotopic (exact) mass is 284 g/mol. The van der Waals surface area contributed by atoms with Crippen LogP contribution in [0.5, 0.6) is 0 Å². The molecular weight excluding hydrogens is 268 g/mol. The molecule has 0 saturated heterocycles. The summed E-state index contributed by atoms with van der Waals surface area (Å²) in [5.74, 6) is -0.190. The van der Waals surface area contributed by atoms with Gasteiger partial charge in [0.2, 0.25) is 0 Å². The van der Waals surface area contributed by atoms with E-state index in [1.807, 2.05) is 6.92 Å². The molecule has 1 N–H and O–H groups in total. The number of carbonyl (C=O) groups is 1. The third-order valence-electron chi connectivity index (χ3n) is 2.15. The lowest BCUT2D eigenvalue weighted by atomic mass is 10.3. The van der Waals surface area contributed by atoms with Gasteiger partial charge in [-0.15, -0.1) is 11.8 Å². The fourth-order valence-corrected chi connectivity index (χ4v) is 2.21. The molecule has 0 heterocycles. The molecule has 0 radical (unpaired) electrons. The molecule has 7 heteroatoms. The minimum Gasteiger partial charge on any atom is -0.465 e. The second-order valence-electron chi connectivity index (χ2n) is 3.60.